The fraction of sp³-hybridized carbons (Fsp3) is 0. The lowest BCUT2D eigenvalue weighted by Crippen LogP contribution is -2.12. The Morgan fingerprint density at radius 1 is 0.268 bits per heavy atom. The molecule has 0 atom stereocenters. The van der Waals surface area contributed by atoms with Gasteiger partial charge in [0.2, 0.25) is 0 Å². The molecular weight excluding hydrogens is 677 g/mol. The number of rotatable bonds is 4. The van der Waals surface area contributed by atoms with Gasteiger partial charge in [-0.15, -0.1) is 0 Å². The van der Waals surface area contributed by atoms with Gasteiger partial charge >= 0.3 is 0 Å². The predicted octanol–water partition coefficient (Wildman–Crippen LogP) is 15.2. The molecule has 0 unspecified atom stereocenters. The number of nitrogens with zero attached hydrogens (tertiary/aromatic N) is 2. The smallest absolute Gasteiger partial charge is 0.0782 e. The van der Waals surface area contributed by atoms with E-state index in [4.69, 9.17) is 0 Å². The van der Waals surface area contributed by atoms with Crippen molar-refractivity contribution in [3.05, 3.63) is 206 Å². The van der Waals surface area contributed by atoms with Gasteiger partial charge in [0.25, 0.3) is 0 Å². The first-order valence-electron chi connectivity index (χ1n) is 19.4. The maximum absolute atomic E-state index is 2.49. The Bertz CT molecular complexity index is 3310. The molecule has 0 radical (unpaired) electrons. The van der Waals surface area contributed by atoms with Gasteiger partial charge in [-0.25, -0.2) is 0 Å². The van der Waals surface area contributed by atoms with E-state index in [9.17, 15) is 0 Å². The maximum Gasteiger partial charge on any atom is 0.0782 e. The van der Waals surface area contributed by atoms with Crippen LogP contribution in [0.3, 0.4) is 0 Å². The van der Waals surface area contributed by atoms with Crippen molar-refractivity contribution < 1.29 is 0 Å². The molecule has 0 aliphatic heterocycles. The summed E-state index contributed by atoms with van der Waals surface area (Å²) in [5.41, 5.74) is 6.84. The van der Waals surface area contributed by atoms with Gasteiger partial charge in [-0.3, -0.25) is 0 Å². The number of hydrogen-bond acceptors (Lipinski definition) is 1. The van der Waals surface area contributed by atoms with Crippen LogP contribution in [0.15, 0.2) is 206 Å². The van der Waals surface area contributed by atoms with E-state index in [1.54, 1.807) is 0 Å². The van der Waals surface area contributed by atoms with Crippen molar-refractivity contribution in [2.45, 2.75) is 0 Å². The van der Waals surface area contributed by atoms with Crippen molar-refractivity contribution in [3.63, 3.8) is 0 Å². The molecule has 260 valence electrons. The highest BCUT2D eigenvalue weighted by molar-refractivity contribution is 6.27. The fourth-order valence-corrected chi connectivity index (χ4v) is 9.52. The first-order valence-corrected chi connectivity index (χ1v) is 19.4. The van der Waals surface area contributed by atoms with E-state index in [0.717, 1.165) is 22.7 Å². The van der Waals surface area contributed by atoms with E-state index < -0.39 is 0 Å². The molecule has 0 aliphatic carbocycles. The van der Waals surface area contributed by atoms with Crippen molar-refractivity contribution in [1.82, 2.24) is 4.57 Å². The summed E-state index contributed by atoms with van der Waals surface area (Å²) in [6.07, 6.45) is 0. The lowest BCUT2D eigenvalue weighted by molar-refractivity contribution is 1.17. The second kappa shape index (κ2) is 12.0. The Hall–Kier alpha value is -7.42. The highest BCUT2D eigenvalue weighted by atomic mass is 15.2. The van der Waals surface area contributed by atoms with E-state index in [1.807, 2.05) is 0 Å². The zero-order valence-electron chi connectivity index (χ0n) is 30.5. The van der Waals surface area contributed by atoms with Crippen LogP contribution in [0.1, 0.15) is 0 Å². The predicted molar refractivity (Wildman–Crippen MR) is 240 cm³/mol. The topological polar surface area (TPSA) is 8.17 Å². The summed E-state index contributed by atoms with van der Waals surface area (Å²) in [6, 6.07) is 75.9. The van der Waals surface area contributed by atoms with Crippen molar-refractivity contribution in [3.8, 4) is 5.69 Å². The molecule has 12 rings (SSSR count). The van der Waals surface area contributed by atoms with Gasteiger partial charge in [0.15, 0.2) is 0 Å². The summed E-state index contributed by atoms with van der Waals surface area (Å²) < 4.78 is 2.45. The zero-order valence-corrected chi connectivity index (χ0v) is 30.5. The third-order valence-corrected chi connectivity index (χ3v) is 11.9. The number of anilines is 3. The quantitative estimate of drug-likeness (QED) is 0.165. The fourth-order valence-electron chi connectivity index (χ4n) is 9.52. The second-order valence-corrected chi connectivity index (χ2v) is 14.8. The number of hydrogen-bond donors (Lipinski definition) is 0. The number of fused-ring (bicyclic) bond motifs is 15. The first-order chi connectivity index (χ1) is 27.8. The van der Waals surface area contributed by atoms with Crippen molar-refractivity contribution in [1.29, 1.82) is 0 Å². The van der Waals surface area contributed by atoms with Crippen LogP contribution >= 0.6 is 0 Å². The van der Waals surface area contributed by atoms with E-state index in [-0.39, 0.29) is 0 Å². The Labute approximate surface area is 323 Å². The number of para-hydroxylation sites is 3. The van der Waals surface area contributed by atoms with Crippen LogP contribution in [0.5, 0.6) is 0 Å². The minimum absolute atomic E-state index is 1.11. The van der Waals surface area contributed by atoms with Crippen molar-refractivity contribution >= 4 is 104 Å². The van der Waals surface area contributed by atoms with E-state index in [0.29, 0.717) is 0 Å². The summed E-state index contributed by atoms with van der Waals surface area (Å²) in [6.45, 7) is 0. The highest BCUT2D eigenvalue weighted by Gasteiger charge is 2.23. The summed E-state index contributed by atoms with van der Waals surface area (Å²) in [7, 11) is 0. The van der Waals surface area contributed by atoms with Crippen LogP contribution < -0.4 is 4.90 Å². The lowest BCUT2D eigenvalue weighted by atomic mass is 9.93. The SMILES string of the molecule is c1ccc(-n2c3ccccc3c3cccc(N(c4ccc5c6ccccc6c6ccccc6c5c4)c4ccc5c6ccccc6c6ccccc6c5c4)c32)cc1. The summed E-state index contributed by atoms with van der Waals surface area (Å²) in [5, 5.41) is 17.6. The number of benzene rings is 11. The molecule has 0 aliphatic rings. The molecular formula is C54H34N2. The third kappa shape index (κ3) is 4.44. The normalized spacial score (nSPS) is 11.9. The van der Waals surface area contributed by atoms with Gasteiger partial charge in [-0.2, -0.15) is 0 Å². The molecule has 0 N–H and O–H groups in total. The van der Waals surface area contributed by atoms with Gasteiger partial charge < -0.3 is 9.47 Å². The van der Waals surface area contributed by atoms with Crippen LogP contribution in [0.25, 0.3) is 92.1 Å². The average Bonchev–Trinajstić information content (AvgIpc) is 3.62. The molecule has 11 aromatic carbocycles. The van der Waals surface area contributed by atoms with Gasteiger partial charge in [-0.1, -0.05) is 158 Å². The minimum atomic E-state index is 1.11. The number of aromatic nitrogens is 1. The van der Waals surface area contributed by atoms with Gasteiger partial charge in [-0.05, 0) is 113 Å². The summed E-state index contributed by atoms with van der Waals surface area (Å²) in [4.78, 5) is 2.49. The third-order valence-electron chi connectivity index (χ3n) is 11.9. The van der Waals surface area contributed by atoms with Crippen molar-refractivity contribution in [2.75, 3.05) is 4.90 Å². The van der Waals surface area contributed by atoms with Gasteiger partial charge in [0.1, 0.15) is 0 Å². The Balaban J connectivity index is 1.23. The highest BCUT2D eigenvalue weighted by Crippen LogP contribution is 2.47. The van der Waals surface area contributed by atoms with Crippen LogP contribution in [0.4, 0.5) is 17.1 Å². The molecule has 2 heteroatoms. The molecule has 0 bridgehead atoms. The largest absolute Gasteiger partial charge is 0.308 e. The average molecular weight is 711 g/mol. The molecule has 0 fully saturated rings. The summed E-state index contributed by atoms with van der Waals surface area (Å²) in [5.74, 6) is 0. The zero-order chi connectivity index (χ0) is 36.7. The van der Waals surface area contributed by atoms with Crippen LogP contribution in [-0.2, 0) is 0 Å². The molecule has 1 heterocycles. The molecule has 1 aromatic heterocycles. The molecule has 0 amide bonds. The Kier molecular flexibility index (Phi) is 6.66. The molecule has 0 saturated carbocycles. The monoisotopic (exact) mass is 710 g/mol. The molecule has 12 aromatic rings. The Morgan fingerprint density at radius 2 is 0.643 bits per heavy atom. The van der Waals surface area contributed by atoms with Crippen LogP contribution in [0.2, 0.25) is 0 Å². The molecule has 2 nitrogen and oxygen atoms in total. The molecule has 56 heavy (non-hydrogen) atoms. The van der Waals surface area contributed by atoms with Crippen molar-refractivity contribution in [2.24, 2.45) is 0 Å². The maximum atomic E-state index is 2.49. The second-order valence-electron chi connectivity index (χ2n) is 14.8. The summed E-state index contributed by atoms with van der Waals surface area (Å²) >= 11 is 0. The standard InChI is InChI=1S/C54H34N2/c1-2-15-35(16-3-1)56-52-27-13-12-25-48(52)49-26-14-28-53(54(49)56)55(36-29-31-46-42-21-6-4-17-38(42)40-19-8-10-23-44(40)50(46)33-36)37-30-32-47-43-22-7-5-18-39(43)41-20-9-11-24-45(41)51(47)34-37/h1-34H. The van der Waals surface area contributed by atoms with E-state index >= 15 is 0 Å². The van der Waals surface area contributed by atoms with Gasteiger partial charge in [0, 0.05) is 27.8 Å². The minimum Gasteiger partial charge on any atom is -0.308 e. The van der Waals surface area contributed by atoms with E-state index in [1.165, 1.54) is 86.4 Å². The molecule has 0 saturated heterocycles. The Morgan fingerprint density at radius 3 is 1.12 bits per heavy atom. The van der Waals surface area contributed by atoms with E-state index in [2.05, 4.69) is 216 Å². The van der Waals surface area contributed by atoms with Crippen LogP contribution in [-0.4, -0.2) is 4.57 Å². The van der Waals surface area contributed by atoms with Gasteiger partial charge in [0.05, 0.1) is 16.7 Å². The van der Waals surface area contributed by atoms with Crippen LogP contribution in [0, 0.1) is 0 Å². The lowest BCUT2D eigenvalue weighted by Gasteiger charge is -2.28. The first kappa shape index (κ1) is 31.0. The molecule has 0 spiro atoms.